The van der Waals surface area contributed by atoms with Gasteiger partial charge in [-0.1, -0.05) is 23.7 Å². The molecule has 6 nitrogen and oxygen atoms in total. The Morgan fingerprint density at radius 1 is 1.26 bits per heavy atom. The highest BCUT2D eigenvalue weighted by Gasteiger charge is 2.18. The van der Waals surface area contributed by atoms with Crippen LogP contribution < -0.4 is 4.74 Å². The lowest BCUT2D eigenvalue weighted by atomic mass is 10.1. The van der Waals surface area contributed by atoms with Crippen LogP contribution in [0.1, 0.15) is 36.0 Å². The van der Waals surface area contributed by atoms with Crippen molar-refractivity contribution in [3.63, 3.8) is 0 Å². The summed E-state index contributed by atoms with van der Waals surface area (Å²) in [4.78, 5) is 0. The maximum absolute atomic E-state index is 6.04. The highest BCUT2D eigenvalue weighted by Crippen LogP contribution is 2.21. The van der Waals surface area contributed by atoms with E-state index >= 15 is 0 Å². The van der Waals surface area contributed by atoms with Crippen LogP contribution in [0.3, 0.4) is 0 Å². The first-order chi connectivity index (χ1) is 11.1. The summed E-state index contributed by atoms with van der Waals surface area (Å²) in [5, 5.41) is 13.2. The molecule has 0 amide bonds. The van der Waals surface area contributed by atoms with Gasteiger partial charge in [-0.15, -0.1) is 10.2 Å². The standard InChI is InChI=1S/C16H17ClN4O2/c1-10-14(17)9-21(20-10)11(2)16-19-18-15(23-16)8-12-4-6-13(22-3)7-5-12/h4-7,9,11H,8H2,1-3H3. The van der Waals surface area contributed by atoms with Gasteiger partial charge in [0.25, 0.3) is 0 Å². The maximum atomic E-state index is 6.04. The molecule has 1 unspecified atom stereocenters. The Balaban J connectivity index is 1.74. The average molecular weight is 333 g/mol. The van der Waals surface area contributed by atoms with Crippen LogP contribution in [-0.4, -0.2) is 27.1 Å². The van der Waals surface area contributed by atoms with Gasteiger partial charge in [0.05, 0.1) is 24.2 Å². The first kappa shape index (κ1) is 15.6. The summed E-state index contributed by atoms with van der Waals surface area (Å²) in [7, 11) is 1.64. The normalized spacial score (nSPS) is 12.3. The van der Waals surface area contributed by atoms with Crippen molar-refractivity contribution >= 4 is 11.6 Å². The van der Waals surface area contributed by atoms with E-state index in [1.165, 1.54) is 0 Å². The third-order valence-corrected chi connectivity index (χ3v) is 3.98. The largest absolute Gasteiger partial charge is 0.497 e. The summed E-state index contributed by atoms with van der Waals surface area (Å²) in [6, 6.07) is 7.59. The van der Waals surface area contributed by atoms with E-state index in [0.29, 0.717) is 23.2 Å². The van der Waals surface area contributed by atoms with Gasteiger partial charge in [-0.05, 0) is 31.5 Å². The van der Waals surface area contributed by atoms with E-state index in [0.717, 1.165) is 17.0 Å². The molecule has 120 valence electrons. The Kier molecular flexibility index (Phi) is 4.34. The lowest BCUT2D eigenvalue weighted by molar-refractivity contribution is 0.391. The first-order valence-electron chi connectivity index (χ1n) is 7.23. The summed E-state index contributed by atoms with van der Waals surface area (Å²) in [6.07, 6.45) is 2.33. The van der Waals surface area contributed by atoms with E-state index in [4.69, 9.17) is 20.8 Å². The minimum Gasteiger partial charge on any atom is -0.497 e. The molecule has 0 saturated carbocycles. The highest BCUT2D eigenvalue weighted by atomic mass is 35.5. The molecule has 3 aromatic rings. The second-order valence-electron chi connectivity index (χ2n) is 5.28. The third kappa shape index (κ3) is 3.37. The summed E-state index contributed by atoms with van der Waals surface area (Å²) in [5.41, 5.74) is 1.85. The zero-order valence-corrected chi connectivity index (χ0v) is 13.9. The second kappa shape index (κ2) is 6.42. The van der Waals surface area contributed by atoms with E-state index in [1.807, 2.05) is 38.1 Å². The molecule has 1 atom stereocenters. The molecule has 1 aromatic carbocycles. The van der Waals surface area contributed by atoms with Crippen LogP contribution in [0, 0.1) is 6.92 Å². The monoisotopic (exact) mass is 332 g/mol. The molecular formula is C16H17ClN4O2. The van der Waals surface area contributed by atoms with Crippen LogP contribution in [0.15, 0.2) is 34.9 Å². The van der Waals surface area contributed by atoms with Crippen molar-refractivity contribution in [2.45, 2.75) is 26.3 Å². The third-order valence-electron chi connectivity index (χ3n) is 3.61. The molecule has 0 aliphatic rings. The van der Waals surface area contributed by atoms with E-state index in [1.54, 1.807) is 18.0 Å². The fourth-order valence-electron chi connectivity index (χ4n) is 2.20. The zero-order chi connectivity index (χ0) is 16.4. The molecule has 2 heterocycles. The smallest absolute Gasteiger partial charge is 0.240 e. The molecule has 0 radical (unpaired) electrons. The van der Waals surface area contributed by atoms with Gasteiger partial charge in [0.1, 0.15) is 11.8 Å². The summed E-state index contributed by atoms with van der Waals surface area (Å²) in [6.45, 7) is 3.79. The summed E-state index contributed by atoms with van der Waals surface area (Å²) in [5.74, 6) is 1.89. The molecular weight excluding hydrogens is 316 g/mol. The summed E-state index contributed by atoms with van der Waals surface area (Å²) < 4.78 is 12.6. The predicted octanol–water partition coefficient (Wildman–Crippen LogP) is 3.44. The molecule has 3 rings (SSSR count). The quantitative estimate of drug-likeness (QED) is 0.716. The number of hydrogen-bond acceptors (Lipinski definition) is 5. The molecule has 0 aliphatic heterocycles. The molecule has 0 aliphatic carbocycles. The second-order valence-corrected chi connectivity index (χ2v) is 5.68. The molecule has 23 heavy (non-hydrogen) atoms. The van der Waals surface area contributed by atoms with Crippen molar-refractivity contribution in [1.29, 1.82) is 0 Å². The van der Waals surface area contributed by atoms with Gasteiger partial charge in [0.15, 0.2) is 0 Å². The predicted molar refractivity (Wildman–Crippen MR) is 85.9 cm³/mol. The van der Waals surface area contributed by atoms with Gasteiger partial charge >= 0.3 is 0 Å². The van der Waals surface area contributed by atoms with Crippen LogP contribution in [0.4, 0.5) is 0 Å². The van der Waals surface area contributed by atoms with E-state index in [-0.39, 0.29) is 6.04 Å². The van der Waals surface area contributed by atoms with Crippen molar-refractivity contribution in [2.24, 2.45) is 0 Å². The minimum atomic E-state index is -0.168. The van der Waals surface area contributed by atoms with Crippen molar-refractivity contribution in [1.82, 2.24) is 20.0 Å². The van der Waals surface area contributed by atoms with Crippen molar-refractivity contribution < 1.29 is 9.15 Å². The van der Waals surface area contributed by atoms with E-state index in [9.17, 15) is 0 Å². The molecule has 2 aromatic heterocycles. The number of aryl methyl sites for hydroxylation is 1. The Morgan fingerprint density at radius 2 is 2.00 bits per heavy atom. The first-order valence-corrected chi connectivity index (χ1v) is 7.61. The van der Waals surface area contributed by atoms with Crippen molar-refractivity contribution in [3.05, 3.63) is 58.5 Å². The van der Waals surface area contributed by atoms with Gasteiger partial charge < -0.3 is 9.15 Å². The van der Waals surface area contributed by atoms with Gasteiger partial charge in [-0.2, -0.15) is 5.10 Å². The van der Waals surface area contributed by atoms with Crippen LogP contribution in [-0.2, 0) is 6.42 Å². The summed E-state index contributed by atoms with van der Waals surface area (Å²) >= 11 is 6.04. The fraction of sp³-hybridized carbons (Fsp3) is 0.312. The number of halogens is 1. The van der Waals surface area contributed by atoms with Gasteiger partial charge in [-0.3, -0.25) is 4.68 Å². The van der Waals surface area contributed by atoms with Crippen LogP contribution >= 0.6 is 11.6 Å². The van der Waals surface area contributed by atoms with Crippen LogP contribution in [0.5, 0.6) is 5.75 Å². The van der Waals surface area contributed by atoms with Crippen molar-refractivity contribution in [2.75, 3.05) is 7.11 Å². The van der Waals surface area contributed by atoms with Gasteiger partial charge in [-0.25, -0.2) is 0 Å². The van der Waals surface area contributed by atoms with Gasteiger partial charge in [0.2, 0.25) is 11.8 Å². The topological polar surface area (TPSA) is 66.0 Å². The van der Waals surface area contributed by atoms with Gasteiger partial charge in [0, 0.05) is 6.20 Å². The molecule has 0 N–H and O–H groups in total. The Morgan fingerprint density at radius 3 is 2.61 bits per heavy atom. The molecule has 0 fully saturated rings. The number of rotatable bonds is 5. The molecule has 0 saturated heterocycles. The Labute approximate surface area is 139 Å². The Bertz CT molecular complexity index is 775. The number of aromatic nitrogens is 4. The SMILES string of the molecule is COc1ccc(Cc2nnc(C(C)n3cc(Cl)c(C)n3)o2)cc1. The molecule has 0 spiro atoms. The number of benzene rings is 1. The number of methoxy groups -OCH3 is 1. The number of hydrogen-bond donors (Lipinski definition) is 0. The number of ether oxygens (including phenoxy) is 1. The molecule has 0 bridgehead atoms. The molecule has 7 heteroatoms. The zero-order valence-electron chi connectivity index (χ0n) is 13.2. The minimum absolute atomic E-state index is 0.168. The number of nitrogens with zero attached hydrogens (tertiary/aromatic N) is 4. The van der Waals surface area contributed by atoms with E-state index < -0.39 is 0 Å². The van der Waals surface area contributed by atoms with E-state index in [2.05, 4.69) is 15.3 Å². The van der Waals surface area contributed by atoms with Crippen LogP contribution in [0.2, 0.25) is 5.02 Å². The lowest BCUT2D eigenvalue weighted by Gasteiger charge is -2.06. The Hall–Kier alpha value is -2.34. The van der Waals surface area contributed by atoms with Crippen LogP contribution in [0.25, 0.3) is 0 Å². The fourth-order valence-corrected chi connectivity index (χ4v) is 2.33. The average Bonchev–Trinajstić information content (AvgIpc) is 3.15. The highest BCUT2D eigenvalue weighted by molar-refractivity contribution is 6.31. The maximum Gasteiger partial charge on any atom is 0.240 e. The van der Waals surface area contributed by atoms with Crippen molar-refractivity contribution in [3.8, 4) is 5.75 Å². The lowest BCUT2D eigenvalue weighted by Crippen LogP contribution is -2.07.